The number of nitrogens with zero attached hydrogens (tertiary/aromatic N) is 4. The van der Waals surface area contributed by atoms with Crippen molar-refractivity contribution in [1.82, 2.24) is 25.3 Å². The summed E-state index contributed by atoms with van der Waals surface area (Å²) < 4.78 is 1.56. The molecule has 0 aliphatic heterocycles. The molecule has 0 radical (unpaired) electrons. The highest BCUT2D eigenvalue weighted by Gasteiger charge is 2.24. The van der Waals surface area contributed by atoms with E-state index in [0.717, 1.165) is 23.0 Å². The standard InChI is InChI=1S/C19H21N5O3/c1-3-4-7-16(19(26)27)21-18(25)17-12(2)24(23-22-17)14-8-9-15-13(11-14)6-5-10-20-15/h5-6,8-11,16H,3-4,7H2,1-2H3,(H,21,25)(H,26,27)/t16-/m0/s1. The number of hydrogen-bond donors (Lipinski definition) is 2. The van der Waals surface area contributed by atoms with Crippen molar-refractivity contribution < 1.29 is 14.7 Å². The van der Waals surface area contributed by atoms with Crippen LogP contribution in [0.15, 0.2) is 36.5 Å². The minimum absolute atomic E-state index is 0.115. The molecule has 140 valence electrons. The first-order valence-corrected chi connectivity index (χ1v) is 8.82. The van der Waals surface area contributed by atoms with Crippen LogP contribution in [-0.2, 0) is 4.79 Å². The van der Waals surface area contributed by atoms with E-state index in [-0.39, 0.29) is 5.69 Å². The number of carboxylic acid groups (broad SMARTS) is 1. The van der Waals surface area contributed by atoms with Gasteiger partial charge in [-0.2, -0.15) is 0 Å². The van der Waals surface area contributed by atoms with E-state index in [4.69, 9.17) is 0 Å². The summed E-state index contributed by atoms with van der Waals surface area (Å²) in [4.78, 5) is 28.1. The van der Waals surface area contributed by atoms with Gasteiger partial charge in [0, 0.05) is 11.6 Å². The summed E-state index contributed by atoms with van der Waals surface area (Å²) in [6.07, 6.45) is 3.67. The molecular formula is C19H21N5O3. The summed E-state index contributed by atoms with van der Waals surface area (Å²) in [5, 5.41) is 20.8. The minimum atomic E-state index is -1.05. The Bertz CT molecular complexity index is 982. The van der Waals surface area contributed by atoms with Gasteiger partial charge in [-0.15, -0.1) is 5.10 Å². The van der Waals surface area contributed by atoms with E-state index in [2.05, 4.69) is 20.6 Å². The van der Waals surface area contributed by atoms with Gasteiger partial charge in [-0.05, 0) is 37.6 Å². The van der Waals surface area contributed by atoms with Crippen LogP contribution < -0.4 is 5.32 Å². The van der Waals surface area contributed by atoms with E-state index in [1.807, 2.05) is 37.3 Å². The van der Waals surface area contributed by atoms with Gasteiger partial charge in [-0.3, -0.25) is 9.78 Å². The van der Waals surface area contributed by atoms with Crippen LogP contribution in [0.4, 0.5) is 0 Å². The second-order valence-electron chi connectivity index (χ2n) is 6.32. The first-order valence-electron chi connectivity index (χ1n) is 8.82. The van der Waals surface area contributed by atoms with E-state index in [1.165, 1.54) is 0 Å². The number of carbonyl (C=O) groups excluding carboxylic acids is 1. The van der Waals surface area contributed by atoms with Crippen molar-refractivity contribution in [2.45, 2.75) is 39.2 Å². The number of carbonyl (C=O) groups is 2. The maximum absolute atomic E-state index is 12.5. The summed E-state index contributed by atoms with van der Waals surface area (Å²) in [5.74, 6) is -1.59. The van der Waals surface area contributed by atoms with Gasteiger partial charge in [0.1, 0.15) is 6.04 Å². The summed E-state index contributed by atoms with van der Waals surface area (Å²) in [6.45, 7) is 3.69. The Kier molecular flexibility index (Phi) is 5.44. The fraction of sp³-hybridized carbons (Fsp3) is 0.316. The minimum Gasteiger partial charge on any atom is -0.480 e. The van der Waals surface area contributed by atoms with Crippen LogP contribution in [0.3, 0.4) is 0 Å². The quantitative estimate of drug-likeness (QED) is 0.664. The highest BCUT2D eigenvalue weighted by Crippen LogP contribution is 2.18. The number of aromatic nitrogens is 4. The Morgan fingerprint density at radius 2 is 2.11 bits per heavy atom. The van der Waals surface area contributed by atoms with Gasteiger partial charge < -0.3 is 10.4 Å². The zero-order valence-corrected chi connectivity index (χ0v) is 15.2. The molecule has 0 aliphatic rings. The van der Waals surface area contributed by atoms with Crippen molar-refractivity contribution in [3.05, 3.63) is 47.9 Å². The molecule has 8 heteroatoms. The van der Waals surface area contributed by atoms with Crippen molar-refractivity contribution in [3.63, 3.8) is 0 Å². The van der Waals surface area contributed by atoms with Gasteiger partial charge in [0.05, 0.1) is 16.9 Å². The summed E-state index contributed by atoms with van der Waals surface area (Å²) in [6, 6.07) is 8.48. The number of fused-ring (bicyclic) bond motifs is 1. The Morgan fingerprint density at radius 1 is 1.30 bits per heavy atom. The molecule has 8 nitrogen and oxygen atoms in total. The predicted octanol–water partition coefficient (Wildman–Crippen LogP) is 2.50. The zero-order chi connectivity index (χ0) is 19.4. The van der Waals surface area contributed by atoms with Crippen molar-refractivity contribution in [1.29, 1.82) is 0 Å². The molecule has 2 aromatic heterocycles. The third-order valence-corrected chi connectivity index (χ3v) is 4.39. The number of carboxylic acids is 1. The maximum atomic E-state index is 12.5. The van der Waals surface area contributed by atoms with E-state index < -0.39 is 17.9 Å². The van der Waals surface area contributed by atoms with Crippen molar-refractivity contribution >= 4 is 22.8 Å². The molecule has 0 spiro atoms. The van der Waals surface area contributed by atoms with Crippen LogP contribution in [0.2, 0.25) is 0 Å². The van der Waals surface area contributed by atoms with Gasteiger partial charge in [-0.1, -0.05) is 31.0 Å². The molecule has 2 heterocycles. The molecule has 1 aromatic carbocycles. The average molecular weight is 367 g/mol. The lowest BCUT2D eigenvalue weighted by Crippen LogP contribution is -2.41. The monoisotopic (exact) mass is 367 g/mol. The van der Waals surface area contributed by atoms with E-state index in [1.54, 1.807) is 17.8 Å². The topological polar surface area (TPSA) is 110 Å². The van der Waals surface area contributed by atoms with Crippen LogP contribution in [0.1, 0.15) is 42.4 Å². The number of rotatable bonds is 7. The number of nitrogens with one attached hydrogen (secondary N) is 1. The lowest BCUT2D eigenvalue weighted by Gasteiger charge is -2.13. The second-order valence-corrected chi connectivity index (χ2v) is 6.32. The summed E-state index contributed by atoms with van der Waals surface area (Å²) in [5.41, 5.74) is 2.26. The molecule has 0 bridgehead atoms. The molecular weight excluding hydrogens is 346 g/mol. The van der Waals surface area contributed by atoms with Crippen LogP contribution in [0.25, 0.3) is 16.6 Å². The van der Waals surface area contributed by atoms with Crippen molar-refractivity contribution in [2.24, 2.45) is 0 Å². The summed E-state index contributed by atoms with van der Waals surface area (Å²) >= 11 is 0. The zero-order valence-electron chi connectivity index (χ0n) is 15.2. The average Bonchev–Trinajstić information content (AvgIpc) is 3.05. The molecule has 0 aliphatic carbocycles. The highest BCUT2D eigenvalue weighted by molar-refractivity contribution is 5.95. The number of aliphatic carboxylic acids is 1. The van der Waals surface area contributed by atoms with Crippen LogP contribution >= 0.6 is 0 Å². The lowest BCUT2D eigenvalue weighted by atomic mass is 10.1. The smallest absolute Gasteiger partial charge is 0.326 e. The Morgan fingerprint density at radius 3 is 2.85 bits per heavy atom. The first kappa shape index (κ1) is 18.5. The molecule has 3 aromatic rings. The fourth-order valence-corrected chi connectivity index (χ4v) is 2.87. The molecule has 0 saturated carbocycles. The predicted molar refractivity (Wildman–Crippen MR) is 99.8 cm³/mol. The normalized spacial score (nSPS) is 12.1. The molecule has 0 saturated heterocycles. The molecule has 3 rings (SSSR count). The number of pyridine rings is 1. The van der Waals surface area contributed by atoms with Gasteiger partial charge >= 0.3 is 5.97 Å². The van der Waals surface area contributed by atoms with Gasteiger partial charge in [0.25, 0.3) is 5.91 Å². The maximum Gasteiger partial charge on any atom is 0.326 e. The molecule has 27 heavy (non-hydrogen) atoms. The van der Waals surface area contributed by atoms with Crippen molar-refractivity contribution in [3.8, 4) is 5.69 Å². The van der Waals surface area contributed by atoms with Gasteiger partial charge in [0.15, 0.2) is 5.69 Å². The third-order valence-electron chi connectivity index (χ3n) is 4.39. The molecule has 1 atom stereocenters. The van der Waals surface area contributed by atoms with Crippen LogP contribution in [0, 0.1) is 6.92 Å². The van der Waals surface area contributed by atoms with Gasteiger partial charge in [-0.25, -0.2) is 9.48 Å². The van der Waals surface area contributed by atoms with Crippen molar-refractivity contribution in [2.75, 3.05) is 0 Å². The Hall–Kier alpha value is -3.29. The molecule has 1 amide bonds. The number of amides is 1. The molecule has 0 unspecified atom stereocenters. The van der Waals surface area contributed by atoms with Crippen LogP contribution in [0.5, 0.6) is 0 Å². The SMILES string of the molecule is CCCC[C@H](NC(=O)c1nnn(-c2ccc3ncccc3c2)c1C)C(=O)O. The Balaban J connectivity index is 1.85. The first-order chi connectivity index (χ1) is 13.0. The fourth-order valence-electron chi connectivity index (χ4n) is 2.87. The molecule has 0 fully saturated rings. The summed E-state index contributed by atoms with van der Waals surface area (Å²) in [7, 11) is 0. The second kappa shape index (κ2) is 7.94. The van der Waals surface area contributed by atoms with E-state index >= 15 is 0 Å². The Labute approximate surface area is 156 Å². The molecule has 2 N–H and O–H groups in total. The highest BCUT2D eigenvalue weighted by atomic mass is 16.4. The lowest BCUT2D eigenvalue weighted by molar-refractivity contribution is -0.139. The number of unbranched alkanes of at least 4 members (excludes halogenated alkanes) is 1. The van der Waals surface area contributed by atoms with E-state index in [9.17, 15) is 14.7 Å². The number of benzene rings is 1. The third kappa shape index (κ3) is 3.94. The van der Waals surface area contributed by atoms with Crippen LogP contribution in [-0.4, -0.2) is 43.0 Å². The van der Waals surface area contributed by atoms with Gasteiger partial charge in [0.2, 0.25) is 0 Å². The largest absolute Gasteiger partial charge is 0.480 e. The van der Waals surface area contributed by atoms with E-state index in [0.29, 0.717) is 18.5 Å². The number of hydrogen-bond acceptors (Lipinski definition) is 5.